The Morgan fingerprint density at radius 3 is 2.74 bits per heavy atom. The normalized spacial score (nSPS) is 12.0. The lowest BCUT2D eigenvalue weighted by molar-refractivity contribution is -0.145. The minimum Gasteiger partial charge on any atom is -0.482 e. The molecular formula is C15H23NO3. The zero-order chi connectivity index (χ0) is 14.3. The molecule has 0 radical (unpaired) electrons. The highest BCUT2D eigenvalue weighted by atomic mass is 16.6. The maximum Gasteiger partial charge on any atom is 0.344 e. The summed E-state index contributed by atoms with van der Waals surface area (Å²) in [6.45, 7) is 9.16. The predicted octanol–water partition coefficient (Wildman–Crippen LogP) is 2.61. The van der Waals surface area contributed by atoms with Crippen molar-refractivity contribution in [1.82, 2.24) is 5.32 Å². The lowest BCUT2D eigenvalue weighted by Gasteiger charge is -2.18. The van der Waals surface area contributed by atoms with E-state index in [0.29, 0.717) is 6.61 Å². The number of hydrogen-bond acceptors (Lipinski definition) is 4. The summed E-state index contributed by atoms with van der Waals surface area (Å²) < 4.78 is 10.4. The molecule has 0 aliphatic heterocycles. The molecule has 1 atom stereocenters. The standard InChI is InChI=1S/C15H23NO3/c1-5-16-12(4)13-9-11(3)7-8-14(13)19-10-15(17)18-6-2/h7-9,12,16H,5-6,10H2,1-4H3. The summed E-state index contributed by atoms with van der Waals surface area (Å²) in [4.78, 5) is 11.3. The van der Waals surface area contributed by atoms with Crippen LogP contribution < -0.4 is 10.1 Å². The largest absolute Gasteiger partial charge is 0.482 e. The molecule has 1 unspecified atom stereocenters. The molecule has 4 heteroatoms. The number of benzene rings is 1. The highest BCUT2D eigenvalue weighted by molar-refractivity contribution is 5.71. The number of rotatable bonds is 7. The van der Waals surface area contributed by atoms with E-state index in [1.165, 1.54) is 5.56 Å². The van der Waals surface area contributed by atoms with Gasteiger partial charge in [0.25, 0.3) is 0 Å². The molecule has 0 amide bonds. The predicted molar refractivity (Wildman–Crippen MR) is 75.4 cm³/mol. The molecular weight excluding hydrogens is 242 g/mol. The van der Waals surface area contributed by atoms with E-state index in [4.69, 9.17) is 9.47 Å². The van der Waals surface area contributed by atoms with Gasteiger partial charge in [-0.25, -0.2) is 4.79 Å². The van der Waals surface area contributed by atoms with Crippen molar-refractivity contribution in [2.45, 2.75) is 33.7 Å². The summed E-state index contributed by atoms with van der Waals surface area (Å²) in [5, 5.41) is 3.35. The van der Waals surface area contributed by atoms with Gasteiger partial charge in [-0.15, -0.1) is 0 Å². The first-order valence-corrected chi connectivity index (χ1v) is 6.70. The SMILES string of the molecule is CCNC(C)c1cc(C)ccc1OCC(=O)OCC. The fourth-order valence-electron chi connectivity index (χ4n) is 1.89. The summed E-state index contributed by atoms with van der Waals surface area (Å²) >= 11 is 0. The van der Waals surface area contributed by atoms with Crippen molar-refractivity contribution in [2.24, 2.45) is 0 Å². The smallest absolute Gasteiger partial charge is 0.344 e. The van der Waals surface area contributed by atoms with Crippen molar-refractivity contribution >= 4 is 5.97 Å². The van der Waals surface area contributed by atoms with E-state index < -0.39 is 0 Å². The van der Waals surface area contributed by atoms with Gasteiger partial charge in [-0.2, -0.15) is 0 Å². The fraction of sp³-hybridized carbons (Fsp3) is 0.533. The summed E-state index contributed by atoms with van der Waals surface area (Å²) in [6, 6.07) is 6.14. The van der Waals surface area contributed by atoms with Gasteiger partial charge in [0.1, 0.15) is 5.75 Å². The molecule has 19 heavy (non-hydrogen) atoms. The number of ether oxygens (including phenoxy) is 2. The first-order chi connectivity index (χ1) is 9.08. The first-order valence-electron chi connectivity index (χ1n) is 6.70. The van der Waals surface area contributed by atoms with Crippen LogP contribution in [0.2, 0.25) is 0 Å². The fourth-order valence-corrected chi connectivity index (χ4v) is 1.89. The molecule has 0 saturated carbocycles. The average molecular weight is 265 g/mol. The molecule has 1 aromatic carbocycles. The van der Waals surface area contributed by atoms with Gasteiger partial charge in [0.05, 0.1) is 6.61 Å². The molecule has 0 heterocycles. The van der Waals surface area contributed by atoms with Crippen molar-refractivity contribution in [3.8, 4) is 5.75 Å². The van der Waals surface area contributed by atoms with E-state index in [-0.39, 0.29) is 18.6 Å². The second kappa shape index (κ2) is 7.79. The van der Waals surface area contributed by atoms with Crippen LogP contribution in [-0.2, 0) is 9.53 Å². The van der Waals surface area contributed by atoms with E-state index in [2.05, 4.69) is 25.2 Å². The third-order valence-corrected chi connectivity index (χ3v) is 2.79. The van der Waals surface area contributed by atoms with Gasteiger partial charge in [0.2, 0.25) is 0 Å². The molecule has 0 bridgehead atoms. The summed E-state index contributed by atoms with van der Waals surface area (Å²) in [6.07, 6.45) is 0. The molecule has 4 nitrogen and oxygen atoms in total. The van der Waals surface area contributed by atoms with Gasteiger partial charge in [0, 0.05) is 11.6 Å². The zero-order valence-electron chi connectivity index (χ0n) is 12.2. The molecule has 0 aliphatic carbocycles. The van der Waals surface area contributed by atoms with Crippen LogP contribution in [0.3, 0.4) is 0 Å². The van der Waals surface area contributed by atoms with Crippen LogP contribution in [0.1, 0.15) is 37.9 Å². The lowest BCUT2D eigenvalue weighted by Crippen LogP contribution is -2.20. The number of nitrogens with one attached hydrogen (secondary N) is 1. The minimum atomic E-state index is -0.342. The van der Waals surface area contributed by atoms with Crippen molar-refractivity contribution in [3.05, 3.63) is 29.3 Å². The molecule has 0 aliphatic rings. The third kappa shape index (κ3) is 4.91. The Kier molecular flexibility index (Phi) is 6.36. The molecule has 1 aromatic rings. The lowest BCUT2D eigenvalue weighted by atomic mass is 10.0. The summed E-state index contributed by atoms with van der Waals surface area (Å²) in [7, 11) is 0. The van der Waals surface area contributed by atoms with Gasteiger partial charge < -0.3 is 14.8 Å². The topological polar surface area (TPSA) is 47.6 Å². The van der Waals surface area contributed by atoms with Crippen molar-refractivity contribution in [3.63, 3.8) is 0 Å². The van der Waals surface area contributed by atoms with Crippen LogP contribution in [0, 0.1) is 6.92 Å². The Hall–Kier alpha value is -1.55. The maximum absolute atomic E-state index is 11.3. The molecule has 0 spiro atoms. The van der Waals surface area contributed by atoms with Crippen molar-refractivity contribution < 1.29 is 14.3 Å². The quantitative estimate of drug-likeness (QED) is 0.770. The maximum atomic E-state index is 11.3. The van der Waals surface area contributed by atoms with Crippen LogP contribution in [0.15, 0.2) is 18.2 Å². The van der Waals surface area contributed by atoms with E-state index in [1.54, 1.807) is 6.92 Å². The Bertz CT molecular complexity index is 418. The molecule has 0 fully saturated rings. The Labute approximate surface area is 115 Å². The van der Waals surface area contributed by atoms with E-state index in [0.717, 1.165) is 17.9 Å². The monoisotopic (exact) mass is 265 g/mol. The summed E-state index contributed by atoms with van der Waals surface area (Å²) in [5.41, 5.74) is 2.23. The number of carbonyl (C=O) groups excluding carboxylic acids is 1. The Balaban J connectivity index is 2.78. The molecule has 106 valence electrons. The van der Waals surface area contributed by atoms with Crippen molar-refractivity contribution in [1.29, 1.82) is 0 Å². The Morgan fingerprint density at radius 1 is 1.37 bits per heavy atom. The van der Waals surface area contributed by atoms with Crippen LogP contribution in [0.25, 0.3) is 0 Å². The average Bonchev–Trinajstić information content (AvgIpc) is 2.38. The summed E-state index contributed by atoms with van der Waals surface area (Å²) in [5.74, 6) is 0.386. The van der Waals surface area contributed by atoms with Gasteiger partial charge in [-0.1, -0.05) is 24.6 Å². The van der Waals surface area contributed by atoms with Crippen LogP contribution >= 0.6 is 0 Å². The molecule has 0 aromatic heterocycles. The molecule has 1 rings (SSSR count). The zero-order valence-corrected chi connectivity index (χ0v) is 12.2. The van der Waals surface area contributed by atoms with Crippen LogP contribution in [0.4, 0.5) is 0 Å². The Morgan fingerprint density at radius 2 is 2.11 bits per heavy atom. The first kappa shape index (κ1) is 15.5. The van der Waals surface area contributed by atoms with Crippen LogP contribution in [-0.4, -0.2) is 25.7 Å². The highest BCUT2D eigenvalue weighted by Gasteiger charge is 2.12. The second-order valence-electron chi connectivity index (χ2n) is 4.41. The second-order valence-corrected chi connectivity index (χ2v) is 4.41. The molecule has 0 saturated heterocycles. The van der Waals surface area contributed by atoms with E-state index in [1.807, 2.05) is 19.1 Å². The van der Waals surface area contributed by atoms with Gasteiger partial charge in [-0.3, -0.25) is 0 Å². The van der Waals surface area contributed by atoms with Gasteiger partial charge in [-0.05, 0) is 33.4 Å². The van der Waals surface area contributed by atoms with E-state index >= 15 is 0 Å². The number of esters is 1. The van der Waals surface area contributed by atoms with E-state index in [9.17, 15) is 4.79 Å². The third-order valence-electron chi connectivity index (χ3n) is 2.79. The van der Waals surface area contributed by atoms with Crippen molar-refractivity contribution in [2.75, 3.05) is 19.8 Å². The van der Waals surface area contributed by atoms with Crippen LogP contribution in [0.5, 0.6) is 5.75 Å². The number of carbonyl (C=O) groups is 1. The van der Waals surface area contributed by atoms with Gasteiger partial charge >= 0.3 is 5.97 Å². The highest BCUT2D eigenvalue weighted by Crippen LogP contribution is 2.26. The minimum absolute atomic E-state index is 0.0528. The van der Waals surface area contributed by atoms with Gasteiger partial charge in [0.15, 0.2) is 6.61 Å². The number of aryl methyl sites for hydroxylation is 1. The number of hydrogen-bond donors (Lipinski definition) is 1. The molecule has 1 N–H and O–H groups in total.